The van der Waals surface area contributed by atoms with Crippen LogP contribution in [0.1, 0.15) is 55.7 Å². The number of ether oxygens (including phenoxy) is 1. The first kappa shape index (κ1) is 35.4. The number of likely N-dealkylation sites (tertiary alicyclic amines) is 1. The van der Waals surface area contributed by atoms with E-state index in [-0.39, 0.29) is 23.5 Å². The first-order valence-corrected chi connectivity index (χ1v) is 15.6. The summed E-state index contributed by atoms with van der Waals surface area (Å²) in [6.07, 6.45) is 5.34. The minimum absolute atomic E-state index is 0.102. The van der Waals surface area contributed by atoms with E-state index in [1.807, 2.05) is 20.8 Å². The maximum absolute atomic E-state index is 14.4. The van der Waals surface area contributed by atoms with Gasteiger partial charge in [0.2, 0.25) is 0 Å². The number of carbonyl (C=O) groups is 2. The van der Waals surface area contributed by atoms with E-state index in [9.17, 15) is 27.2 Å². The van der Waals surface area contributed by atoms with Gasteiger partial charge in [-0.2, -0.15) is 19.0 Å². The SMILES string of the molecule is CC(C)(C)CCN=C(N)N(C(=O)c1ccc(-c2cnn(C(F)F)c2)cc1)[C@H](COC(=O)N1CC(F)(F)C1)c1ccc(Cl)c(-n2cccn2)c1. The summed E-state index contributed by atoms with van der Waals surface area (Å²) < 4.78 is 60.8. The van der Waals surface area contributed by atoms with Crippen LogP contribution in [0.3, 0.4) is 0 Å². The van der Waals surface area contributed by atoms with Crippen molar-refractivity contribution >= 4 is 29.6 Å². The molecular formula is C33H35ClF4N8O3. The van der Waals surface area contributed by atoms with Gasteiger partial charge in [0.25, 0.3) is 11.8 Å². The molecule has 0 spiro atoms. The van der Waals surface area contributed by atoms with Gasteiger partial charge < -0.3 is 10.5 Å². The summed E-state index contributed by atoms with van der Waals surface area (Å²) in [6.45, 7) is 1.48. The molecule has 0 aliphatic carbocycles. The van der Waals surface area contributed by atoms with E-state index in [0.29, 0.717) is 38.5 Å². The molecule has 16 heteroatoms. The Morgan fingerprint density at radius 3 is 2.41 bits per heavy atom. The van der Waals surface area contributed by atoms with Crippen molar-refractivity contribution in [1.82, 2.24) is 29.4 Å². The fraction of sp³-hybridized carbons (Fsp3) is 0.364. The van der Waals surface area contributed by atoms with Gasteiger partial charge in [0, 0.05) is 36.3 Å². The van der Waals surface area contributed by atoms with Gasteiger partial charge in [0.1, 0.15) is 6.61 Å². The quantitative estimate of drug-likeness (QED) is 0.110. The van der Waals surface area contributed by atoms with Crippen LogP contribution in [0.2, 0.25) is 5.02 Å². The Balaban J connectivity index is 1.54. The molecule has 2 aromatic heterocycles. The Bertz CT molecular complexity index is 1800. The number of alkyl halides is 4. The summed E-state index contributed by atoms with van der Waals surface area (Å²) in [5.41, 5.74) is 8.42. The van der Waals surface area contributed by atoms with Crippen LogP contribution < -0.4 is 5.73 Å². The lowest BCUT2D eigenvalue weighted by Gasteiger charge is -2.38. The zero-order chi connectivity index (χ0) is 35.5. The molecule has 1 atom stereocenters. The Kier molecular flexibility index (Phi) is 10.3. The van der Waals surface area contributed by atoms with Crippen molar-refractivity contribution in [3.05, 3.63) is 89.5 Å². The molecule has 2 aromatic carbocycles. The molecule has 260 valence electrons. The first-order valence-electron chi connectivity index (χ1n) is 15.3. The molecule has 4 aromatic rings. The molecule has 1 aliphatic rings. The van der Waals surface area contributed by atoms with E-state index in [1.54, 1.807) is 48.8 Å². The highest BCUT2D eigenvalue weighted by Crippen LogP contribution is 2.32. The third kappa shape index (κ3) is 8.57. The predicted molar refractivity (Wildman–Crippen MR) is 175 cm³/mol. The van der Waals surface area contributed by atoms with Crippen molar-refractivity contribution in [2.45, 2.75) is 45.7 Å². The topological polar surface area (TPSA) is 124 Å². The number of halogens is 5. The second kappa shape index (κ2) is 14.3. The van der Waals surface area contributed by atoms with Gasteiger partial charge >= 0.3 is 12.6 Å². The van der Waals surface area contributed by atoms with Crippen LogP contribution in [0, 0.1) is 5.41 Å². The van der Waals surface area contributed by atoms with Crippen molar-refractivity contribution in [1.29, 1.82) is 0 Å². The standard InChI is InChI=1S/C33H35ClF4N8O3/c1-32(2,3)11-13-40-30(39)46(28(47)22-7-5-21(6-8-22)24-16-42-45(17-24)29(35)36)27(18-49-31(48)43-19-33(37,38)20-43)23-9-10-25(34)26(15-23)44-14-4-12-41-44/h4-10,12,14-17,27,29H,11,13,18-20H2,1-3H3,(H2,39,40)/t27-/m1/s1. The van der Waals surface area contributed by atoms with Crippen molar-refractivity contribution in [3.8, 4) is 16.8 Å². The molecule has 1 aliphatic heterocycles. The molecule has 11 nitrogen and oxygen atoms in total. The van der Waals surface area contributed by atoms with Crippen molar-refractivity contribution < 1.29 is 31.9 Å². The highest BCUT2D eigenvalue weighted by molar-refractivity contribution is 6.32. The molecular weight excluding hydrogens is 668 g/mol. The van der Waals surface area contributed by atoms with Gasteiger partial charge in [0.15, 0.2) is 5.96 Å². The maximum atomic E-state index is 14.4. The Morgan fingerprint density at radius 1 is 1.10 bits per heavy atom. The number of hydrogen-bond acceptors (Lipinski definition) is 6. The lowest BCUT2D eigenvalue weighted by Crippen LogP contribution is -2.58. The monoisotopic (exact) mass is 702 g/mol. The van der Waals surface area contributed by atoms with Gasteiger partial charge in [-0.25, -0.2) is 22.9 Å². The van der Waals surface area contributed by atoms with Gasteiger partial charge in [-0.15, -0.1) is 0 Å². The van der Waals surface area contributed by atoms with E-state index in [2.05, 4.69) is 15.2 Å². The normalized spacial score (nSPS) is 15.2. The molecule has 2 N–H and O–H groups in total. The average Bonchev–Trinajstić information content (AvgIpc) is 3.75. The van der Waals surface area contributed by atoms with Gasteiger partial charge in [0.05, 0.1) is 36.0 Å². The van der Waals surface area contributed by atoms with E-state index in [4.69, 9.17) is 22.1 Å². The van der Waals surface area contributed by atoms with Crippen LogP contribution in [0.5, 0.6) is 0 Å². The summed E-state index contributed by atoms with van der Waals surface area (Å²) in [5.74, 6) is -3.81. The predicted octanol–water partition coefficient (Wildman–Crippen LogP) is 6.81. The number of carbonyl (C=O) groups excluding carboxylic acids is 2. The smallest absolute Gasteiger partial charge is 0.410 e. The van der Waals surface area contributed by atoms with Crippen LogP contribution in [0.25, 0.3) is 16.8 Å². The molecule has 0 unspecified atom stereocenters. The lowest BCUT2D eigenvalue weighted by atomic mass is 9.92. The number of amides is 2. The molecule has 0 bridgehead atoms. The summed E-state index contributed by atoms with van der Waals surface area (Å²) in [4.78, 5) is 33.7. The van der Waals surface area contributed by atoms with Crippen LogP contribution in [0.4, 0.5) is 22.4 Å². The molecule has 5 rings (SSSR count). The molecule has 2 amide bonds. The van der Waals surface area contributed by atoms with Crippen molar-refractivity contribution in [2.75, 3.05) is 26.2 Å². The molecule has 49 heavy (non-hydrogen) atoms. The number of aliphatic imine (C=N–C) groups is 1. The number of nitrogens with two attached hydrogens (primary N) is 1. The Hall–Kier alpha value is -4.92. The molecule has 1 saturated heterocycles. The van der Waals surface area contributed by atoms with E-state index < -0.39 is 50.2 Å². The zero-order valence-electron chi connectivity index (χ0n) is 26.9. The Morgan fingerprint density at radius 2 is 1.82 bits per heavy atom. The third-order valence-electron chi connectivity index (χ3n) is 7.75. The second-order valence-electron chi connectivity index (χ2n) is 12.8. The molecule has 1 fully saturated rings. The second-order valence-corrected chi connectivity index (χ2v) is 13.2. The maximum Gasteiger partial charge on any atom is 0.410 e. The van der Waals surface area contributed by atoms with Gasteiger partial charge in [-0.1, -0.05) is 50.6 Å². The number of benzene rings is 2. The van der Waals surface area contributed by atoms with E-state index >= 15 is 0 Å². The average molecular weight is 703 g/mol. The fourth-order valence-electron chi connectivity index (χ4n) is 5.05. The van der Waals surface area contributed by atoms with Crippen LogP contribution in [-0.2, 0) is 4.74 Å². The molecule has 0 saturated carbocycles. The summed E-state index contributed by atoms with van der Waals surface area (Å²) >= 11 is 6.51. The summed E-state index contributed by atoms with van der Waals surface area (Å²) in [5, 5.41) is 8.23. The number of guanidine groups is 1. The lowest BCUT2D eigenvalue weighted by molar-refractivity contribution is -0.120. The minimum Gasteiger partial charge on any atom is -0.447 e. The fourth-order valence-corrected chi connectivity index (χ4v) is 5.26. The van der Waals surface area contributed by atoms with Gasteiger partial charge in [-0.05, 0) is 53.3 Å². The van der Waals surface area contributed by atoms with Crippen molar-refractivity contribution in [2.24, 2.45) is 16.1 Å². The highest BCUT2D eigenvalue weighted by Gasteiger charge is 2.47. The third-order valence-corrected chi connectivity index (χ3v) is 8.07. The molecule has 3 heterocycles. The Labute approximate surface area is 284 Å². The van der Waals surface area contributed by atoms with Crippen molar-refractivity contribution in [3.63, 3.8) is 0 Å². The highest BCUT2D eigenvalue weighted by atomic mass is 35.5. The summed E-state index contributed by atoms with van der Waals surface area (Å²) in [7, 11) is 0. The van der Waals surface area contributed by atoms with Crippen LogP contribution >= 0.6 is 11.6 Å². The van der Waals surface area contributed by atoms with Crippen LogP contribution in [-0.4, -0.2) is 79.5 Å². The number of hydrogen-bond donors (Lipinski definition) is 1. The summed E-state index contributed by atoms with van der Waals surface area (Å²) in [6, 6.07) is 11.6. The largest absolute Gasteiger partial charge is 0.447 e. The first-order chi connectivity index (χ1) is 23.1. The molecule has 0 radical (unpaired) electrons. The number of nitrogens with zero attached hydrogens (tertiary/aromatic N) is 7. The zero-order valence-corrected chi connectivity index (χ0v) is 27.7. The van der Waals surface area contributed by atoms with Crippen LogP contribution in [0.15, 0.2) is 78.3 Å². The van der Waals surface area contributed by atoms with E-state index in [1.165, 1.54) is 34.1 Å². The minimum atomic E-state index is -3.01. The van der Waals surface area contributed by atoms with E-state index in [0.717, 1.165) is 4.90 Å². The number of aromatic nitrogens is 4. The van der Waals surface area contributed by atoms with Gasteiger partial charge in [-0.3, -0.25) is 19.6 Å². The number of rotatable bonds is 10.